The van der Waals surface area contributed by atoms with Gasteiger partial charge in [0.1, 0.15) is 23.9 Å². The van der Waals surface area contributed by atoms with Gasteiger partial charge in [-0.15, -0.1) is 0 Å². The summed E-state index contributed by atoms with van der Waals surface area (Å²) >= 11 is 0. The van der Waals surface area contributed by atoms with E-state index in [-0.39, 0.29) is 18.3 Å². The van der Waals surface area contributed by atoms with Crippen LogP contribution >= 0.6 is 0 Å². The molecule has 1 heterocycles. The van der Waals surface area contributed by atoms with E-state index in [0.717, 1.165) is 25.2 Å². The molecule has 1 aliphatic heterocycles. The lowest BCUT2D eigenvalue weighted by Gasteiger charge is -2.34. The molecule has 1 saturated heterocycles. The molecular weight excluding hydrogens is 347 g/mol. The fourth-order valence-corrected chi connectivity index (χ4v) is 2.92. The molecule has 0 unspecified atom stereocenters. The molecule has 2 aromatic carbocycles. The summed E-state index contributed by atoms with van der Waals surface area (Å²) < 4.78 is 24.1. The first kappa shape index (κ1) is 19.2. The SMILES string of the molecule is Cc1ccc(OCC(=O)N2CCN(CCOc3ccc(F)cc3)CC2)cc1. The lowest BCUT2D eigenvalue weighted by atomic mass is 10.2. The molecule has 27 heavy (non-hydrogen) atoms. The summed E-state index contributed by atoms with van der Waals surface area (Å²) in [5.41, 5.74) is 1.16. The highest BCUT2D eigenvalue weighted by Gasteiger charge is 2.21. The van der Waals surface area contributed by atoms with E-state index in [9.17, 15) is 9.18 Å². The van der Waals surface area contributed by atoms with Gasteiger partial charge in [0.25, 0.3) is 5.91 Å². The van der Waals surface area contributed by atoms with Gasteiger partial charge in [0.05, 0.1) is 0 Å². The number of aryl methyl sites for hydroxylation is 1. The molecule has 0 spiro atoms. The predicted molar refractivity (Wildman–Crippen MR) is 102 cm³/mol. The average Bonchev–Trinajstić information content (AvgIpc) is 2.69. The average molecular weight is 372 g/mol. The molecule has 1 amide bonds. The summed E-state index contributed by atoms with van der Waals surface area (Å²) in [5, 5.41) is 0. The Morgan fingerprint density at radius 1 is 0.926 bits per heavy atom. The Balaban J connectivity index is 1.33. The molecule has 0 saturated carbocycles. The number of carbonyl (C=O) groups is 1. The van der Waals surface area contributed by atoms with Crippen molar-refractivity contribution in [1.82, 2.24) is 9.80 Å². The monoisotopic (exact) mass is 372 g/mol. The largest absolute Gasteiger partial charge is 0.492 e. The van der Waals surface area contributed by atoms with Gasteiger partial charge in [-0.1, -0.05) is 17.7 Å². The number of carbonyl (C=O) groups excluding carboxylic acids is 1. The van der Waals surface area contributed by atoms with E-state index in [0.29, 0.717) is 31.2 Å². The second-order valence-electron chi connectivity index (χ2n) is 6.63. The fraction of sp³-hybridized carbons (Fsp3) is 0.381. The zero-order valence-corrected chi connectivity index (χ0v) is 15.6. The van der Waals surface area contributed by atoms with Crippen LogP contribution in [0.3, 0.4) is 0 Å². The van der Waals surface area contributed by atoms with Crippen molar-refractivity contribution in [3.05, 3.63) is 59.9 Å². The number of hydrogen-bond donors (Lipinski definition) is 0. The van der Waals surface area contributed by atoms with Gasteiger partial charge < -0.3 is 14.4 Å². The van der Waals surface area contributed by atoms with E-state index in [1.54, 1.807) is 12.1 Å². The van der Waals surface area contributed by atoms with Gasteiger partial charge in [-0.25, -0.2) is 4.39 Å². The number of hydrogen-bond acceptors (Lipinski definition) is 4. The normalized spacial score (nSPS) is 14.8. The van der Waals surface area contributed by atoms with Crippen LogP contribution in [0.2, 0.25) is 0 Å². The molecule has 1 aliphatic rings. The van der Waals surface area contributed by atoms with E-state index in [4.69, 9.17) is 9.47 Å². The minimum absolute atomic E-state index is 0.0118. The van der Waals surface area contributed by atoms with Crippen molar-refractivity contribution in [2.24, 2.45) is 0 Å². The number of piperazine rings is 1. The standard InChI is InChI=1S/C21H25FN2O3/c1-17-2-6-20(7-3-17)27-16-21(25)24-12-10-23(11-13-24)14-15-26-19-8-4-18(22)5-9-19/h2-9H,10-16H2,1H3. The van der Waals surface area contributed by atoms with Crippen LogP contribution in [0.15, 0.2) is 48.5 Å². The van der Waals surface area contributed by atoms with Gasteiger partial charge in [-0.05, 0) is 43.3 Å². The minimum Gasteiger partial charge on any atom is -0.492 e. The summed E-state index contributed by atoms with van der Waals surface area (Å²) in [6.07, 6.45) is 0. The van der Waals surface area contributed by atoms with Crippen molar-refractivity contribution in [1.29, 1.82) is 0 Å². The third-order valence-electron chi connectivity index (χ3n) is 4.60. The van der Waals surface area contributed by atoms with E-state index in [1.807, 2.05) is 36.1 Å². The molecule has 144 valence electrons. The van der Waals surface area contributed by atoms with Crippen LogP contribution in [0.1, 0.15) is 5.56 Å². The molecule has 0 aliphatic carbocycles. The molecule has 0 radical (unpaired) electrons. The Labute approximate surface area is 159 Å². The number of benzene rings is 2. The molecule has 0 aromatic heterocycles. The summed E-state index contributed by atoms with van der Waals surface area (Å²) in [6.45, 7) is 6.39. The van der Waals surface area contributed by atoms with E-state index < -0.39 is 0 Å². The van der Waals surface area contributed by atoms with Crippen molar-refractivity contribution in [2.45, 2.75) is 6.92 Å². The maximum absolute atomic E-state index is 12.9. The number of rotatable bonds is 7. The third-order valence-corrected chi connectivity index (χ3v) is 4.60. The first-order valence-electron chi connectivity index (χ1n) is 9.18. The van der Waals surface area contributed by atoms with Gasteiger partial charge in [0, 0.05) is 32.7 Å². The molecule has 0 N–H and O–H groups in total. The van der Waals surface area contributed by atoms with Gasteiger partial charge in [0.2, 0.25) is 0 Å². The number of ether oxygens (including phenoxy) is 2. The molecule has 2 aromatic rings. The molecule has 3 rings (SSSR count). The number of amides is 1. The lowest BCUT2D eigenvalue weighted by molar-refractivity contribution is -0.135. The van der Waals surface area contributed by atoms with Crippen molar-refractivity contribution in [3.63, 3.8) is 0 Å². The zero-order chi connectivity index (χ0) is 19.1. The van der Waals surface area contributed by atoms with E-state index in [2.05, 4.69) is 4.90 Å². The van der Waals surface area contributed by atoms with Crippen molar-refractivity contribution < 1.29 is 18.7 Å². The molecular formula is C21H25FN2O3. The highest BCUT2D eigenvalue weighted by Crippen LogP contribution is 2.13. The highest BCUT2D eigenvalue weighted by molar-refractivity contribution is 5.77. The smallest absolute Gasteiger partial charge is 0.260 e. The number of halogens is 1. The van der Waals surface area contributed by atoms with Crippen LogP contribution in [0.5, 0.6) is 11.5 Å². The quantitative estimate of drug-likeness (QED) is 0.750. The Hall–Kier alpha value is -2.60. The van der Waals surface area contributed by atoms with Crippen molar-refractivity contribution in [3.8, 4) is 11.5 Å². The van der Waals surface area contributed by atoms with Gasteiger partial charge in [0.15, 0.2) is 6.61 Å². The van der Waals surface area contributed by atoms with E-state index >= 15 is 0 Å². The van der Waals surface area contributed by atoms with Crippen LogP contribution in [0, 0.1) is 12.7 Å². The van der Waals surface area contributed by atoms with Crippen LogP contribution in [0.25, 0.3) is 0 Å². The Morgan fingerprint density at radius 3 is 2.19 bits per heavy atom. The summed E-state index contributed by atoms with van der Waals surface area (Å²) in [7, 11) is 0. The second-order valence-corrected chi connectivity index (χ2v) is 6.63. The summed E-state index contributed by atoms with van der Waals surface area (Å²) in [5.74, 6) is 1.12. The highest BCUT2D eigenvalue weighted by atomic mass is 19.1. The first-order chi connectivity index (χ1) is 13.1. The lowest BCUT2D eigenvalue weighted by Crippen LogP contribution is -2.50. The molecule has 5 nitrogen and oxygen atoms in total. The van der Waals surface area contributed by atoms with Gasteiger partial charge in [-0.3, -0.25) is 9.69 Å². The van der Waals surface area contributed by atoms with Crippen LogP contribution in [-0.2, 0) is 4.79 Å². The Bertz CT molecular complexity index is 726. The minimum atomic E-state index is -0.269. The maximum atomic E-state index is 12.9. The molecule has 6 heteroatoms. The first-order valence-corrected chi connectivity index (χ1v) is 9.18. The fourth-order valence-electron chi connectivity index (χ4n) is 2.92. The predicted octanol–water partition coefficient (Wildman–Crippen LogP) is 2.74. The number of nitrogens with zero attached hydrogens (tertiary/aromatic N) is 2. The Kier molecular flexibility index (Phi) is 6.65. The van der Waals surface area contributed by atoms with Gasteiger partial charge >= 0.3 is 0 Å². The topological polar surface area (TPSA) is 42.0 Å². The molecule has 0 bridgehead atoms. The maximum Gasteiger partial charge on any atom is 0.260 e. The van der Waals surface area contributed by atoms with Crippen LogP contribution in [-0.4, -0.2) is 61.6 Å². The van der Waals surface area contributed by atoms with Crippen LogP contribution < -0.4 is 9.47 Å². The molecule has 0 atom stereocenters. The van der Waals surface area contributed by atoms with Crippen molar-refractivity contribution in [2.75, 3.05) is 45.9 Å². The second kappa shape index (κ2) is 9.37. The summed E-state index contributed by atoms with van der Waals surface area (Å²) in [6, 6.07) is 13.7. The Morgan fingerprint density at radius 2 is 1.52 bits per heavy atom. The molecule has 1 fully saturated rings. The van der Waals surface area contributed by atoms with Gasteiger partial charge in [-0.2, -0.15) is 0 Å². The summed E-state index contributed by atoms with van der Waals surface area (Å²) in [4.78, 5) is 16.4. The van der Waals surface area contributed by atoms with Crippen molar-refractivity contribution >= 4 is 5.91 Å². The van der Waals surface area contributed by atoms with E-state index in [1.165, 1.54) is 12.1 Å². The zero-order valence-electron chi connectivity index (χ0n) is 15.6. The third kappa shape index (κ3) is 5.96. The van der Waals surface area contributed by atoms with Crippen LogP contribution in [0.4, 0.5) is 4.39 Å².